The number of hydrogen-bond acceptors (Lipinski definition) is 2. The molecule has 0 spiro atoms. The van der Waals surface area contributed by atoms with Crippen molar-refractivity contribution in [3.63, 3.8) is 0 Å². The van der Waals surface area contributed by atoms with E-state index in [2.05, 4.69) is 26.6 Å². The van der Waals surface area contributed by atoms with Crippen LogP contribution in [0.1, 0.15) is 22.3 Å². The summed E-state index contributed by atoms with van der Waals surface area (Å²) in [4.78, 5) is 12.4. The van der Waals surface area contributed by atoms with Gasteiger partial charge in [0.15, 0.2) is 0 Å². The lowest BCUT2D eigenvalue weighted by Gasteiger charge is -2.20. The lowest BCUT2D eigenvalue weighted by molar-refractivity contribution is 0.102. The summed E-state index contributed by atoms with van der Waals surface area (Å²) in [7, 11) is 0. The van der Waals surface area contributed by atoms with Gasteiger partial charge in [-0.2, -0.15) is 0 Å². The van der Waals surface area contributed by atoms with Crippen LogP contribution in [0.2, 0.25) is 0 Å². The van der Waals surface area contributed by atoms with Gasteiger partial charge in [0, 0.05) is 22.3 Å². The number of amides is 1. The van der Waals surface area contributed by atoms with E-state index in [9.17, 15) is 9.18 Å². The molecule has 0 saturated carbocycles. The maximum absolute atomic E-state index is 13.7. The van der Waals surface area contributed by atoms with Gasteiger partial charge >= 0.3 is 0 Å². The first kappa shape index (κ1) is 14.1. The van der Waals surface area contributed by atoms with Gasteiger partial charge in [0.25, 0.3) is 5.91 Å². The molecule has 3 nitrogen and oxygen atoms in total. The number of nitrogens with one attached hydrogen (secondary N) is 2. The zero-order valence-electron chi connectivity index (χ0n) is 11.2. The van der Waals surface area contributed by atoms with Crippen LogP contribution in [0.15, 0.2) is 40.9 Å². The van der Waals surface area contributed by atoms with Crippen LogP contribution < -0.4 is 10.6 Å². The summed E-state index contributed by atoms with van der Waals surface area (Å²) in [6, 6.07) is 10.0. The molecule has 3 rings (SSSR count). The Kier molecular flexibility index (Phi) is 3.92. The van der Waals surface area contributed by atoms with Gasteiger partial charge in [0.2, 0.25) is 0 Å². The summed E-state index contributed by atoms with van der Waals surface area (Å²) >= 11 is 3.27. The van der Waals surface area contributed by atoms with Gasteiger partial charge in [-0.05, 0) is 48.7 Å². The fourth-order valence-corrected chi connectivity index (χ4v) is 2.87. The number of carbonyl (C=O) groups excluding carboxylic acids is 1. The number of fused-ring (bicyclic) bond motifs is 1. The van der Waals surface area contributed by atoms with Gasteiger partial charge in [-0.3, -0.25) is 4.79 Å². The summed E-state index contributed by atoms with van der Waals surface area (Å²) in [5.41, 5.74) is 2.76. The van der Waals surface area contributed by atoms with Crippen LogP contribution in [0, 0.1) is 5.82 Å². The van der Waals surface area contributed by atoms with Gasteiger partial charge in [0.1, 0.15) is 5.82 Å². The highest BCUT2D eigenvalue weighted by atomic mass is 79.9. The van der Waals surface area contributed by atoms with Crippen LogP contribution in [0.5, 0.6) is 0 Å². The fourth-order valence-electron chi connectivity index (χ4n) is 2.51. The maximum Gasteiger partial charge on any atom is 0.256 e. The van der Waals surface area contributed by atoms with Crippen molar-refractivity contribution in [3.8, 4) is 0 Å². The highest BCUT2D eigenvalue weighted by Gasteiger charge is 2.18. The van der Waals surface area contributed by atoms with Gasteiger partial charge < -0.3 is 10.6 Å². The number of carbonyl (C=O) groups is 1. The molecule has 0 unspecified atom stereocenters. The van der Waals surface area contributed by atoms with E-state index in [1.54, 1.807) is 18.2 Å². The average molecular weight is 349 g/mol. The first-order chi connectivity index (χ1) is 10.1. The van der Waals surface area contributed by atoms with Crippen molar-refractivity contribution in [2.24, 2.45) is 0 Å². The molecule has 2 aromatic carbocycles. The predicted molar refractivity (Wildman–Crippen MR) is 85.3 cm³/mol. The van der Waals surface area contributed by atoms with Crippen LogP contribution in [0.4, 0.5) is 15.8 Å². The van der Waals surface area contributed by atoms with Crippen molar-refractivity contribution in [1.29, 1.82) is 0 Å². The predicted octanol–water partition coefficient (Wildman–Crippen LogP) is 4.20. The topological polar surface area (TPSA) is 41.1 Å². The average Bonchev–Trinajstić information content (AvgIpc) is 2.50. The van der Waals surface area contributed by atoms with Crippen LogP contribution in [-0.4, -0.2) is 12.5 Å². The second-order valence-electron chi connectivity index (χ2n) is 4.94. The third-order valence-electron chi connectivity index (χ3n) is 3.52. The number of rotatable bonds is 2. The van der Waals surface area contributed by atoms with E-state index in [4.69, 9.17) is 0 Å². The van der Waals surface area contributed by atoms with E-state index in [1.165, 1.54) is 6.07 Å². The molecule has 1 amide bonds. The SMILES string of the molecule is O=C(Nc1cc(Br)ccc1F)c1cccc2c1CCCN2. The van der Waals surface area contributed by atoms with Crippen molar-refractivity contribution in [2.45, 2.75) is 12.8 Å². The van der Waals surface area contributed by atoms with E-state index in [0.717, 1.165) is 35.1 Å². The molecule has 0 fully saturated rings. The lowest BCUT2D eigenvalue weighted by Crippen LogP contribution is -2.19. The van der Waals surface area contributed by atoms with Crippen LogP contribution in [0.3, 0.4) is 0 Å². The maximum atomic E-state index is 13.7. The molecule has 1 aliphatic heterocycles. The smallest absolute Gasteiger partial charge is 0.256 e. The summed E-state index contributed by atoms with van der Waals surface area (Å²) in [5, 5.41) is 5.93. The van der Waals surface area contributed by atoms with Crippen molar-refractivity contribution in [2.75, 3.05) is 17.2 Å². The monoisotopic (exact) mass is 348 g/mol. The Bertz CT molecular complexity index is 703. The summed E-state index contributed by atoms with van der Waals surface area (Å²) in [6.07, 6.45) is 1.84. The quantitative estimate of drug-likeness (QED) is 0.853. The Balaban J connectivity index is 1.91. The fraction of sp³-hybridized carbons (Fsp3) is 0.188. The highest BCUT2D eigenvalue weighted by Crippen LogP contribution is 2.27. The minimum absolute atomic E-state index is 0.177. The first-order valence-corrected chi connectivity index (χ1v) is 7.56. The summed E-state index contributed by atoms with van der Waals surface area (Å²) < 4.78 is 14.5. The molecule has 0 bridgehead atoms. The Morgan fingerprint density at radius 3 is 3.00 bits per heavy atom. The molecule has 2 aromatic rings. The van der Waals surface area contributed by atoms with Gasteiger partial charge in [0.05, 0.1) is 5.69 Å². The molecule has 0 radical (unpaired) electrons. The molecule has 21 heavy (non-hydrogen) atoms. The standard InChI is InChI=1S/C16H14BrFN2O/c17-10-6-7-13(18)15(9-10)20-16(21)12-3-1-5-14-11(12)4-2-8-19-14/h1,3,5-7,9,19H,2,4,8H2,(H,20,21). The first-order valence-electron chi connectivity index (χ1n) is 6.77. The number of hydrogen-bond donors (Lipinski definition) is 2. The molecule has 0 atom stereocenters. The normalized spacial score (nSPS) is 13.2. The second kappa shape index (κ2) is 5.85. The molecule has 5 heteroatoms. The third kappa shape index (κ3) is 2.93. The van der Waals surface area contributed by atoms with Crippen LogP contribution >= 0.6 is 15.9 Å². The minimum Gasteiger partial charge on any atom is -0.385 e. The zero-order valence-corrected chi connectivity index (χ0v) is 12.8. The van der Waals surface area contributed by atoms with E-state index in [1.807, 2.05) is 12.1 Å². The number of benzene rings is 2. The van der Waals surface area contributed by atoms with Crippen molar-refractivity contribution in [1.82, 2.24) is 0 Å². The summed E-state index contributed by atoms with van der Waals surface area (Å²) in [5.74, 6) is -0.734. The Morgan fingerprint density at radius 1 is 1.29 bits per heavy atom. The van der Waals surface area contributed by atoms with Crippen molar-refractivity contribution >= 4 is 33.2 Å². The van der Waals surface area contributed by atoms with E-state index in [-0.39, 0.29) is 11.6 Å². The molecule has 1 heterocycles. The third-order valence-corrected chi connectivity index (χ3v) is 4.01. The van der Waals surface area contributed by atoms with Gasteiger partial charge in [-0.1, -0.05) is 22.0 Å². The molecule has 1 aliphatic rings. The van der Waals surface area contributed by atoms with Gasteiger partial charge in [-0.15, -0.1) is 0 Å². The Labute approximate surface area is 130 Å². The molecule has 108 valence electrons. The Hall–Kier alpha value is -1.88. The van der Waals surface area contributed by atoms with E-state index >= 15 is 0 Å². The summed E-state index contributed by atoms with van der Waals surface area (Å²) in [6.45, 7) is 0.915. The van der Waals surface area contributed by atoms with E-state index in [0.29, 0.717) is 5.56 Å². The largest absolute Gasteiger partial charge is 0.385 e. The highest BCUT2D eigenvalue weighted by molar-refractivity contribution is 9.10. The molecule has 0 aliphatic carbocycles. The Morgan fingerprint density at radius 2 is 2.14 bits per heavy atom. The number of halogens is 2. The van der Waals surface area contributed by atoms with Gasteiger partial charge in [-0.25, -0.2) is 4.39 Å². The molecular formula is C16H14BrFN2O. The lowest BCUT2D eigenvalue weighted by atomic mass is 9.97. The molecular weight excluding hydrogens is 335 g/mol. The van der Waals surface area contributed by atoms with E-state index < -0.39 is 5.82 Å². The molecule has 0 saturated heterocycles. The van der Waals surface area contributed by atoms with Crippen molar-refractivity contribution in [3.05, 3.63) is 57.8 Å². The molecule has 0 aromatic heterocycles. The number of anilines is 2. The second-order valence-corrected chi connectivity index (χ2v) is 5.86. The van der Waals surface area contributed by atoms with Crippen LogP contribution in [0.25, 0.3) is 0 Å². The van der Waals surface area contributed by atoms with Crippen LogP contribution in [-0.2, 0) is 6.42 Å². The molecule has 2 N–H and O–H groups in total. The van der Waals surface area contributed by atoms with Crippen molar-refractivity contribution < 1.29 is 9.18 Å². The zero-order chi connectivity index (χ0) is 14.8. The minimum atomic E-state index is -0.450.